The highest BCUT2D eigenvalue weighted by Crippen LogP contribution is 2.21. The molecule has 2 aliphatic rings. The summed E-state index contributed by atoms with van der Waals surface area (Å²) in [6.45, 7) is 7.11. The first-order chi connectivity index (χ1) is 10.2. The van der Waals surface area contributed by atoms with Crippen LogP contribution in [-0.2, 0) is 0 Å². The molecular weight excluding hydrogens is 286 g/mol. The van der Waals surface area contributed by atoms with E-state index in [0.29, 0.717) is 0 Å². The highest BCUT2D eigenvalue weighted by atomic mass is 32.1. The number of hydrogen-bond donors (Lipinski definition) is 0. The third-order valence-corrected chi connectivity index (χ3v) is 5.11. The molecule has 0 bridgehead atoms. The quantitative estimate of drug-likeness (QED) is 0.796. The number of carbonyl (C=O) groups excluding carboxylic acids is 1. The minimum Gasteiger partial charge on any atom is -0.343 e. The number of rotatable bonds is 1. The number of piperazine rings is 1. The van der Waals surface area contributed by atoms with Crippen LogP contribution in [0.3, 0.4) is 0 Å². The summed E-state index contributed by atoms with van der Waals surface area (Å²) < 4.78 is 0. The first kappa shape index (κ1) is 14.6. The second-order valence-corrected chi connectivity index (χ2v) is 6.92. The van der Waals surface area contributed by atoms with Crippen molar-refractivity contribution in [3.05, 3.63) is 5.01 Å². The largest absolute Gasteiger partial charge is 0.343 e. The Morgan fingerprint density at radius 2 is 1.52 bits per heavy atom. The van der Waals surface area contributed by atoms with Crippen LogP contribution < -0.4 is 4.90 Å². The van der Waals surface area contributed by atoms with Gasteiger partial charge in [-0.2, -0.15) is 0 Å². The fourth-order valence-electron chi connectivity index (χ4n) is 2.96. The van der Waals surface area contributed by atoms with Gasteiger partial charge >= 0.3 is 6.03 Å². The Morgan fingerprint density at radius 1 is 0.905 bits per heavy atom. The van der Waals surface area contributed by atoms with E-state index < -0.39 is 0 Å². The maximum Gasteiger partial charge on any atom is 0.320 e. The third kappa shape index (κ3) is 3.45. The lowest BCUT2D eigenvalue weighted by molar-refractivity contribution is 0.151. The predicted molar refractivity (Wildman–Crippen MR) is 83.9 cm³/mol. The fraction of sp³-hybridized carbons (Fsp3) is 0.786. The van der Waals surface area contributed by atoms with Gasteiger partial charge in [-0.1, -0.05) is 24.2 Å². The maximum atomic E-state index is 12.6. The zero-order valence-corrected chi connectivity index (χ0v) is 13.4. The molecule has 1 aromatic heterocycles. The Balaban J connectivity index is 1.54. The maximum absolute atomic E-state index is 12.6. The summed E-state index contributed by atoms with van der Waals surface area (Å²) in [5.74, 6) is 0. The van der Waals surface area contributed by atoms with Crippen molar-refractivity contribution in [3.8, 4) is 0 Å². The topological polar surface area (TPSA) is 52.6 Å². The summed E-state index contributed by atoms with van der Waals surface area (Å²) in [5.41, 5.74) is 0. The Bertz CT molecular complexity index is 475. The van der Waals surface area contributed by atoms with E-state index in [1.165, 1.54) is 12.8 Å². The molecule has 7 heteroatoms. The molecule has 2 saturated heterocycles. The smallest absolute Gasteiger partial charge is 0.320 e. The summed E-state index contributed by atoms with van der Waals surface area (Å²) in [5, 5.41) is 10.2. The van der Waals surface area contributed by atoms with Crippen LogP contribution in [0.2, 0.25) is 0 Å². The minimum absolute atomic E-state index is 0.227. The van der Waals surface area contributed by atoms with E-state index in [4.69, 9.17) is 0 Å². The number of urea groups is 1. The second-order valence-electron chi connectivity index (χ2n) is 5.76. The van der Waals surface area contributed by atoms with E-state index in [9.17, 15) is 4.79 Å². The molecule has 3 heterocycles. The number of aryl methyl sites for hydroxylation is 1. The lowest BCUT2D eigenvalue weighted by atomic mass is 10.2. The molecule has 0 unspecified atom stereocenters. The van der Waals surface area contributed by atoms with Gasteiger partial charge < -0.3 is 14.7 Å². The summed E-state index contributed by atoms with van der Waals surface area (Å²) in [6, 6.07) is 0.227. The van der Waals surface area contributed by atoms with Crippen LogP contribution >= 0.6 is 11.3 Å². The zero-order valence-electron chi connectivity index (χ0n) is 12.6. The highest BCUT2D eigenvalue weighted by Gasteiger charge is 2.26. The standard InChI is InChI=1S/C14H23N5OS/c1-12-15-16-13(21-12)17-8-10-19(11-9-17)14(20)18-6-4-2-3-5-7-18/h2-11H2,1H3. The number of likely N-dealkylation sites (tertiary alicyclic amines) is 1. The van der Waals surface area contributed by atoms with Crippen molar-refractivity contribution >= 4 is 22.5 Å². The molecule has 2 aliphatic heterocycles. The number of nitrogens with zero attached hydrogens (tertiary/aromatic N) is 5. The molecule has 6 nitrogen and oxygen atoms in total. The van der Waals surface area contributed by atoms with Crippen molar-refractivity contribution in [2.45, 2.75) is 32.6 Å². The van der Waals surface area contributed by atoms with Crippen molar-refractivity contribution in [2.24, 2.45) is 0 Å². The van der Waals surface area contributed by atoms with E-state index >= 15 is 0 Å². The van der Waals surface area contributed by atoms with Gasteiger partial charge in [0, 0.05) is 39.3 Å². The lowest BCUT2D eigenvalue weighted by Crippen LogP contribution is -2.53. The molecule has 0 saturated carbocycles. The van der Waals surface area contributed by atoms with Crippen LogP contribution in [0.25, 0.3) is 0 Å². The normalized spacial score (nSPS) is 20.5. The molecule has 0 spiro atoms. The van der Waals surface area contributed by atoms with E-state index in [2.05, 4.69) is 15.1 Å². The Morgan fingerprint density at radius 3 is 2.10 bits per heavy atom. The Hall–Kier alpha value is -1.37. The molecule has 0 radical (unpaired) electrons. The van der Waals surface area contributed by atoms with Crippen molar-refractivity contribution in [1.29, 1.82) is 0 Å². The Labute approximate surface area is 129 Å². The van der Waals surface area contributed by atoms with Crippen LogP contribution in [0.5, 0.6) is 0 Å². The first-order valence-corrected chi connectivity index (χ1v) is 8.64. The molecule has 2 amide bonds. The van der Waals surface area contributed by atoms with E-state index in [1.54, 1.807) is 11.3 Å². The van der Waals surface area contributed by atoms with Crippen LogP contribution in [-0.4, -0.2) is 65.3 Å². The van der Waals surface area contributed by atoms with Crippen molar-refractivity contribution in [1.82, 2.24) is 20.0 Å². The summed E-state index contributed by atoms with van der Waals surface area (Å²) in [6.07, 6.45) is 4.81. The van der Waals surface area contributed by atoms with Crippen LogP contribution in [0, 0.1) is 6.92 Å². The van der Waals surface area contributed by atoms with Gasteiger partial charge in [-0.25, -0.2) is 4.79 Å². The monoisotopic (exact) mass is 309 g/mol. The molecule has 0 atom stereocenters. The van der Waals surface area contributed by atoms with Crippen LogP contribution in [0.15, 0.2) is 0 Å². The fourth-order valence-corrected chi connectivity index (χ4v) is 3.70. The van der Waals surface area contributed by atoms with Crippen molar-refractivity contribution < 1.29 is 4.79 Å². The van der Waals surface area contributed by atoms with Gasteiger partial charge in [0.2, 0.25) is 5.13 Å². The molecule has 0 aliphatic carbocycles. The predicted octanol–water partition coefficient (Wildman–Crippen LogP) is 1.96. The third-order valence-electron chi connectivity index (χ3n) is 4.21. The first-order valence-electron chi connectivity index (χ1n) is 7.83. The van der Waals surface area contributed by atoms with Gasteiger partial charge in [-0.05, 0) is 19.8 Å². The lowest BCUT2D eigenvalue weighted by Gasteiger charge is -2.37. The molecule has 21 heavy (non-hydrogen) atoms. The summed E-state index contributed by atoms with van der Waals surface area (Å²) in [7, 11) is 0. The molecule has 3 rings (SSSR count). The summed E-state index contributed by atoms with van der Waals surface area (Å²) >= 11 is 1.62. The van der Waals surface area contributed by atoms with Gasteiger partial charge in [0.1, 0.15) is 5.01 Å². The molecule has 0 N–H and O–H groups in total. The molecule has 116 valence electrons. The number of amides is 2. The molecular formula is C14H23N5OS. The average molecular weight is 309 g/mol. The van der Waals surface area contributed by atoms with Gasteiger partial charge in [0.05, 0.1) is 0 Å². The Kier molecular flexibility index (Phi) is 4.57. The zero-order chi connectivity index (χ0) is 14.7. The SMILES string of the molecule is Cc1nnc(N2CCN(C(=O)N3CCCCCC3)CC2)s1. The van der Waals surface area contributed by atoms with Gasteiger partial charge in [-0.15, -0.1) is 10.2 Å². The number of carbonyl (C=O) groups is 1. The van der Waals surface area contributed by atoms with Crippen LogP contribution in [0.4, 0.5) is 9.93 Å². The molecule has 0 aromatic carbocycles. The number of hydrogen-bond acceptors (Lipinski definition) is 5. The van der Waals surface area contributed by atoms with E-state index in [1.807, 2.05) is 16.7 Å². The highest BCUT2D eigenvalue weighted by molar-refractivity contribution is 7.15. The van der Waals surface area contributed by atoms with Crippen molar-refractivity contribution in [2.75, 3.05) is 44.2 Å². The second kappa shape index (κ2) is 6.60. The molecule has 2 fully saturated rings. The van der Waals surface area contributed by atoms with E-state index in [0.717, 1.165) is 62.2 Å². The molecule has 1 aromatic rings. The van der Waals surface area contributed by atoms with E-state index in [-0.39, 0.29) is 6.03 Å². The van der Waals surface area contributed by atoms with Gasteiger partial charge in [0.15, 0.2) is 0 Å². The minimum atomic E-state index is 0.227. The number of aromatic nitrogens is 2. The average Bonchev–Trinajstić information content (AvgIpc) is 2.77. The van der Waals surface area contributed by atoms with Gasteiger partial charge in [0.25, 0.3) is 0 Å². The van der Waals surface area contributed by atoms with Crippen molar-refractivity contribution in [3.63, 3.8) is 0 Å². The van der Waals surface area contributed by atoms with Gasteiger partial charge in [-0.3, -0.25) is 0 Å². The summed E-state index contributed by atoms with van der Waals surface area (Å²) in [4.78, 5) is 18.8. The number of anilines is 1. The van der Waals surface area contributed by atoms with Crippen LogP contribution in [0.1, 0.15) is 30.7 Å².